The number of aliphatic hydroxyl groups is 1. The molecule has 0 radical (unpaired) electrons. The van der Waals surface area contributed by atoms with E-state index >= 15 is 0 Å². The summed E-state index contributed by atoms with van der Waals surface area (Å²) in [6.45, 7) is 0.299. The van der Waals surface area contributed by atoms with Crippen LogP contribution in [0, 0.1) is 5.92 Å². The zero-order valence-electron chi connectivity index (χ0n) is 5.29. The lowest BCUT2D eigenvalue weighted by Crippen LogP contribution is -2.04. The van der Waals surface area contributed by atoms with Crippen LogP contribution >= 0.6 is 12.9 Å². The molecule has 1 N–H and O–H groups in total. The third-order valence-corrected chi connectivity index (χ3v) is 2.20. The van der Waals surface area contributed by atoms with Crippen LogP contribution in [0.1, 0.15) is 19.3 Å². The molecular weight excluding hydrogens is 136 g/mol. The summed E-state index contributed by atoms with van der Waals surface area (Å²) in [7, 11) is 0. The average molecular weight is 148 g/mol. The van der Waals surface area contributed by atoms with Gasteiger partial charge in [-0.15, -0.1) is 0 Å². The molecule has 2 atom stereocenters. The van der Waals surface area contributed by atoms with E-state index in [1.165, 1.54) is 0 Å². The summed E-state index contributed by atoms with van der Waals surface area (Å²) in [5.41, 5.74) is 0. The van der Waals surface area contributed by atoms with Gasteiger partial charge in [-0.2, -0.15) is 0 Å². The zero-order valence-corrected chi connectivity index (χ0v) is 6.18. The van der Waals surface area contributed by atoms with Gasteiger partial charge in [0, 0.05) is 6.61 Å². The average Bonchev–Trinajstić information content (AvgIpc) is 2.34. The minimum Gasteiger partial charge on any atom is -0.396 e. The van der Waals surface area contributed by atoms with Crippen molar-refractivity contribution in [2.24, 2.45) is 5.92 Å². The Morgan fingerprint density at radius 3 is 2.67 bits per heavy atom. The van der Waals surface area contributed by atoms with Crippen LogP contribution in [0.15, 0.2) is 0 Å². The lowest BCUT2D eigenvalue weighted by Gasteiger charge is -2.04. The highest BCUT2D eigenvalue weighted by Crippen LogP contribution is 2.27. The SMILES string of the molecule is OCC1CCC(OS)C1. The van der Waals surface area contributed by atoms with Crippen LogP contribution in [-0.2, 0) is 4.18 Å². The van der Waals surface area contributed by atoms with E-state index < -0.39 is 0 Å². The first-order chi connectivity index (χ1) is 4.36. The molecule has 0 bridgehead atoms. The summed E-state index contributed by atoms with van der Waals surface area (Å²) in [5, 5.41) is 8.70. The number of hydrogen-bond acceptors (Lipinski definition) is 3. The summed E-state index contributed by atoms with van der Waals surface area (Å²) >= 11 is 3.71. The molecule has 54 valence electrons. The van der Waals surface area contributed by atoms with Gasteiger partial charge in [0.1, 0.15) is 0 Å². The Hall–Kier alpha value is 0.270. The fourth-order valence-corrected chi connectivity index (χ4v) is 1.48. The molecule has 1 aliphatic rings. The van der Waals surface area contributed by atoms with Gasteiger partial charge in [-0.05, 0) is 38.1 Å². The first kappa shape index (κ1) is 7.38. The second kappa shape index (κ2) is 3.44. The number of rotatable bonds is 2. The molecule has 1 aliphatic carbocycles. The third-order valence-electron chi connectivity index (χ3n) is 1.90. The Morgan fingerprint density at radius 1 is 1.56 bits per heavy atom. The Bertz CT molecular complexity index is 77.1. The van der Waals surface area contributed by atoms with Crippen molar-refractivity contribution in [2.75, 3.05) is 6.61 Å². The molecule has 0 aliphatic heterocycles. The third kappa shape index (κ3) is 1.85. The predicted molar refractivity (Wildman–Crippen MR) is 38.3 cm³/mol. The van der Waals surface area contributed by atoms with E-state index in [0.29, 0.717) is 12.5 Å². The molecule has 0 spiro atoms. The van der Waals surface area contributed by atoms with E-state index in [0.717, 1.165) is 19.3 Å². The molecule has 2 nitrogen and oxygen atoms in total. The van der Waals surface area contributed by atoms with E-state index in [1.807, 2.05) is 0 Å². The zero-order chi connectivity index (χ0) is 6.69. The molecule has 2 unspecified atom stereocenters. The molecule has 0 heterocycles. The van der Waals surface area contributed by atoms with Gasteiger partial charge in [0.25, 0.3) is 0 Å². The summed E-state index contributed by atoms with van der Waals surface area (Å²) in [5.74, 6) is 0.460. The van der Waals surface area contributed by atoms with Crippen LogP contribution in [0.5, 0.6) is 0 Å². The van der Waals surface area contributed by atoms with Crippen LogP contribution in [0.25, 0.3) is 0 Å². The molecule has 0 aromatic carbocycles. The maximum Gasteiger partial charge on any atom is 0.0722 e. The van der Waals surface area contributed by atoms with Crippen LogP contribution in [-0.4, -0.2) is 17.8 Å². The van der Waals surface area contributed by atoms with Crippen molar-refractivity contribution in [1.82, 2.24) is 0 Å². The Balaban J connectivity index is 2.20. The first-order valence-electron chi connectivity index (χ1n) is 3.28. The molecule has 1 saturated carbocycles. The van der Waals surface area contributed by atoms with E-state index in [4.69, 9.17) is 9.29 Å². The van der Waals surface area contributed by atoms with Gasteiger partial charge >= 0.3 is 0 Å². The van der Waals surface area contributed by atoms with Crippen molar-refractivity contribution in [3.63, 3.8) is 0 Å². The van der Waals surface area contributed by atoms with Crippen LogP contribution in [0.3, 0.4) is 0 Å². The normalized spacial score (nSPS) is 35.3. The maximum atomic E-state index is 8.70. The number of hydrogen-bond donors (Lipinski definition) is 2. The summed E-state index contributed by atoms with van der Waals surface area (Å²) in [4.78, 5) is 0. The minimum atomic E-state index is 0.283. The molecule has 9 heavy (non-hydrogen) atoms. The van der Waals surface area contributed by atoms with E-state index in [9.17, 15) is 0 Å². The lowest BCUT2D eigenvalue weighted by molar-refractivity contribution is 0.204. The smallest absolute Gasteiger partial charge is 0.0722 e. The minimum absolute atomic E-state index is 0.283. The van der Waals surface area contributed by atoms with Gasteiger partial charge < -0.3 is 9.29 Å². The molecule has 3 heteroatoms. The molecule has 1 fully saturated rings. The Morgan fingerprint density at radius 2 is 2.33 bits per heavy atom. The molecule has 0 saturated heterocycles. The summed E-state index contributed by atoms with van der Waals surface area (Å²) in [6.07, 6.45) is 3.39. The van der Waals surface area contributed by atoms with Crippen molar-refractivity contribution in [3.05, 3.63) is 0 Å². The molecule has 0 aromatic rings. The quantitative estimate of drug-likeness (QED) is 0.452. The van der Waals surface area contributed by atoms with Crippen LogP contribution < -0.4 is 0 Å². The van der Waals surface area contributed by atoms with Crippen molar-refractivity contribution < 1.29 is 9.29 Å². The summed E-state index contributed by atoms with van der Waals surface area (Å²) < 4.78 is 4.83. The molecule has 0 amide bonds. The van der Waals surface area contributed by atoms with Gasteiger partial charge in [0.05, 0.1) is 6.10 Å². The highest BCUT2D eigenvalue weighted by Gasteiger charge is 2.23. The van der Waals surface area contributed by atoms with E-state index in [2.05, 4.69) is 12.9 Å². The van der Waals surface area contributed by atoms with Gasteiger partial charge in [-0.25, -0.2) is 0 Å². The van der Waals surface area contributed by atoms with Gasteiger partial charge in [-0.3, -0.25) is 0 Å². The number of aliphatic hydroxyl groups excluding tert-OH is 1. The van der Waals surface area contributed by atoms with Crippen molar-refractivity contribution in [1.29, 1.82) is 0 Å². The van der Waals surface area contributed by atoms with Gasteiger partial charge in [0.2, 0.25) is 0 Å². The highest BCUT2D eigenvalue weighted by atomic mass is 32.1. The Labute approximate surface area is 60.8 Å². The second-order valence-electron chi connectivity index (χ2n) is 2.59. The number of thiol groups is 1. The van der Waals surface area contributed by atoms with Crippen molar-refractivity contribution in [2.45, 2.75) is 25.4 Å². The van der Waals surface area contributed by atoms with Gasteiger partial charge in [0.15, 0.2) is 0 Å². The largest absolute Gasteiger partial charge is 0.396 e. The van der Waals surface area contributed by atoms with Crippen molar-refractivity contribution in [3.8, 4) is 0 Å². The fraction of sp³-hybridized carbons (Fsp3) is 1.00. The van der Waals surface area contributed by atoms with Crippen LogP contribution in [0.4, 0.5) is 0 Å². The van der Waals surface area contributed by atoms with Crippen LogP contribution in [0.2, 0.25) is 0 Å². The molecule has 0 aromatic heterocycles. The topological polar surface area (TPSA) is 29.5 Å². The van der Waals surface area contributed by atoms with E-state index in [1.54, 1.807) is 0 Å². The predicted octanol–water partition coefficient (Wildman–Crippen LogP) is 1.01. The molecule has 1 rings (SSSR count). The first-order valence-corrected chi connectivity index (χ1v) is 3.64. The van der Waals surface area contributed by atoms with Gasteiger partial charge in [-0.1, -0.05) is 0 Å². The lowest BCUT2D eigenvalue weighted by atomic mass is 10.1. The monoisotopic (exact) mass is 148 g/mol. The Kier molecular flexibility index (Phi) is 2.82. The highest BCUT2D eigenvalue weighted by molar-refractivity contribution is 7.75. The maximum absolute atomic E-state index is 8.70. The summed E-state index contributed by atoms with van der Waals surface area (Å²) in [6, 6.07) is 0. The fourth-order valence-electron chi connectivity index (χ4n) is 1.29. The van der Waals surface area contributed by atoms with Crippen molar-refractivity contribution >= 4 is 12.9 Å². The second-order valence-corrected chi connectivity index (χ2v) is 2.80. The standard InChI is InChI=1S/C6H12O2S/c7-4-5-1-2-6(3-5)8-9/h5-7,9H,1-4H2. The van der Waals surface area contributed by atoms with E-state index in [-0.39, 0.29) is 6.10 Å². The molecular formula is C6H12O2S.